The summed E-state index contributed by atoms with van der Waals surface area (Å²) in [6, 6.07) is 8.72. The lowest BCUT2D eigenvalue weighted by Gasteiger charge is -2.23. The number of aromatic hydroxyl groups is 1. The predicted molar refractivity (Wildman–Crippen MR) is 131 cm³/mol. The van der Waals surface area contributed by atoms with Crippen molar-refractivity contribution in [3.05, 3.63) is 59.1 Å². The Balaban J connectivity index is 1.76. The minimum absolute atomic E-state index is 0.0388. The van der Waals surface area contributed by atoms with E-state index in [4.69, 9.17) is 21.1 Å². The SMILES string of the molecule is C=CC(=O)OCC(O)COC(=O)CCc1cc(-n2nc3ccc(Cl)cc3n2)c(O)c(C(C)(C)C)c1. The number of aromatic nitrogens is 3. The topological polar surface area (TPSA) is 124 Å². The van der Waals surface area contributed by atoms with Crippen molar-refractivity contribution in [1.82, 2.24) is 15.0 Å². The molecule has 35 heavy (non-hydrogen) atoms. The third-order valence-electron chi connectivity index (χ3n) is 5.15. The van der Waals surface area contributed by atoms with E-state index in [0.717, 1.165) is 11.6 Å². The molecule has 3 rings (SSSR count). The molecular formula is C25H28ClN3O6. The summed E-state index contributed by atoms with van der Waals surface area (Å²) in [4.78, 5) is 24.6. The van der Waals surface area contributed by atoms with Crippen molar-refractivity contribution in [2.75, 3.05) is 13.2 Å². The second kappa shape index (κ2) is 10.9. The largest absolute Gasteiger partial charge is 0.505 e. The number of benzene rings is 2. The third-order valence-corrected chi connectivity index (χ3v) is 5.39. The van der Waals surface area contributed by atoms with Gasteiger partial charge in [-0.1, -0.05) is 45.0 Å². The van der Waals surface area contributed by atoms with Crippen molar-refractivity contribution in [1.29, 1.82) is 0 Å². The molecule has 9 nitrogen and oxygen atoms in total. The first-order valence-electron chi connectivity index (χ1n) is 11.0. The smallest absolute Gasteiger partial charge is 0.330 e. The number of phenolic OH excluding ortho intramolecular Hbond substituents is 1. The van der Waals surface area contributed by atoms with Crippen LogP contribution >= 0.6 is 11.6 Å². The number of aliphatic hydroxyl groups is 1. The van der Waals surface area contributed by atoms with Gasteiger partial charge in [0.25, 0.3) is 0 Å². The number of phenols is 1. The van der Waals surface area contributed by atoms with E-state index in [1.165, 1.54) is 4.80 Å². The number of halogens is 1. The van der Waals surface area contributed by atoms with Crippen LogP contribution in [0.25, 0.3) is 16.7 Å². The van der Waals surface area contributed by atoms with Gasteiger partial charge < -0.3 is 19.7 Å². The Hall–Kier alpha value is -3.43. The highest BCUT2D eigenvalue weighted by molar-refractivity contribution is 6.31. The summed E-state index contributed by atoms with van der Waals surface area (Å²) in [5.74, 6) is -1.15. The lowest BCUT2D eigenvalue weighted by atomic mass is 9.84. The molecule has 1 heterocycles. The zero-order valence-corrected chi connectivity index (χ0v) is 20.6. The number of esters is 2. The molecule has 0 saturated heterocycles. The monoisotopic (exact) mass is 501 g/mol. The van der Waals surface area contributed by atoms with Crippen LogP contribution in [-0.2, 0) is 30.9 Å². The zero-order valence-electron chi connectivity index (χ0n) is 19.8. The second-order valence-electron chi connectivity index (χ2n) is 9.05. The number of rotatable bonds is 9. The van der Waals surface area contributed by atoms with E-state index in [2.05, 4.69) is 16.8 Å². The van der Waals surface area contributed by atoms with Crippen LogP contribution in [0.1, 0.15) is 38.3 Å². The van der Waals surface area contributed by atoms with E-state index in [-0.39, 0.29) is 25.4 Å². The first kappa shape index (κ1) is 26.2. The molecule has 1 atom stereocenters. The molecule has 0 bridgehead atoms. The van der Waals surface area contributed by atoms with E-state index in [0.29, 0.717) is 33.7 Å². The van der Waals surface area contributed by atoms with Crippen LogP contribution in [-0.4, -0.2) is 56.5 Å². The highest BCUT2D eigenvalue weighted by Crippen LogP contribution is 2.36. The van der Waals surface area contributed by atoms with Crippen molar-refractivity contribution in [2.24, 2.45) is 0 Å². The Labute approximate surface area is 207 Å². The average Bonchev–Trinajstić information content (AvgIpc) is 3.22. The highest BCUT2D eigenvalue weighted by Gasteiger charge is 2.23. The Morgan fingerprint density at radius 2 is 1.83 bits per heavy atom. The van der Waals surface area contributed by atoms with Crippen LogP contribution in [0, 0.1) is 0 Å². The van der Waals surface area contributed by atoms with E-state index >= 15 is 0 Å². The van der Waals surface area contributed by atoms with Crippen LogP contribution < -0.4 is 0 Å². The fraction of sp³-hybridized carbons (Fsp3) is 0.360. The molecule has 0 saturated carbocycles. The molecule has 0 amide bonds. The maximum absolute atomic E-state index is 12.2. The number of hydrogen-bond donors (Lipinski definition) is 2. The molecule has 1 aromatic heterocycles. The highest BCUT2D eigenvalue weighted by atomic mass is 35.5. The van der Waals surface area contributed by atoms with E-state index in [1.54, 1.807) is 24.3 Å². The van der Waals surface area contributed by atoms with Gasteiger partial charge in [0.05, 0.1) is 0 Å². The molecule has 0 aliphatic heterocycles. The summed E-state index contributed by atoms with van der Waals surface area (Å²) < 4.78 is 9.79. The summed E-state index contributed by atoms with van der Waals surface area (Å²) in [7, 11) is 0. The molecule has 2 N–H and O–H groups in total. The van der Waals surface area contributed by atoms with Crippen LogP contribution in [0.3, 0.4) is 0 Å². The number of hydrogen-bond acceptors (Lipinski definition) is 8. The summed E-state index contributed by atoms with van der Waals surface area (Å²) in [6.07, 6.45) is 0.206. The Bertz CT molecular complexity index is 1250. The quantitative estimate of drug-likeness (QED) is 0.336. The van der Waals surface area contributed by atoms with Crippen LogP contribution in [0.5, 0.6) is 5.75 Å². The lowest BCUT2D eigenvalue weighted by Crippen LogP contribution is -2.25. The molecule has 0 aliphatic rings. The lowest BCUT2D eigenvalue weighted by molar-refractivity contribution is -0.150. The molecule has 1 unspecified atom stereocenters. The predicted octanol–water partition coefficient (Wildman–Crippen LogP) is 3.64. The minimum Gasteiger partial charge on any atom is -0.505 e. The minimum atomic E-state index is -1.14. The fourth-order valence-electron chi connectivity index (χ4n) is 3.33. The average molecular weight is 502 g/mol. The summed E-state index contributed by atoms with van der Waals surface area (Å²) in [6.45, 7) is 8.57. The van der Waals surface area contributed by atoms with Gasteiger partial charge in [0.1, 0.15) is 41.8 Å². The Kier molecular flexibility index (Phi) is 8.14. The number of ether oxygens (including phenoxy) is 2. The van der Waals surface area contributed by atoms with Crippen molar-refractivity contribution >= 4 is 34.6 Å². The van der Waals surface area contributed by atoms with Gasteiger partial charge in [-0.15, -0.1) is 15.0 Å². The molecule has 10 heteroatoms. The maximum atomic E-state index is 12.2. The number of aryl methyl sites for hydroxylation is 1. The number of nitrogens with zero attached hydrogens (tertiary/aromatic N) is 3. The molecule has 0 aliphatic carbocycles. The normalized spacial score (nSPS) is 12.4. The van der Waals surface area contributed by atoms with Gasteiger partial charge >= 0.3 is 11.9 Å². The number of carbonyl (C=O) groups is 2. The fourth-order valence-corrected chi connectivity index (χ4v) is 3.50. The van der Waals surface area contributed by atoms with Gasteiger partial charge in [0.2, 0.25) is 0 Å². The number of fused-ring (bicyclic) bond motifs is 1. The van der Waals surface area contributed by atoms with Gasteiger partial charge in [-0.25, -0.2) is 4.79 Å². The third kappa shape index (κ3) is 6.80. The first-order chi connectivity index (χ1) is 16.5. The van der Waals surface area contributed by atoms with Gasteiger partial charge in [0, 0.05) is 23.1 Å². The molecule has 0 radical (unpaired) electrons. The first-order valence-corrected chi connectivity index (χ1v) is 11.4. The van der Waals surface area contributed by atoms with Crippen LogP contribution in [0.15, 0.2) is 43.0 Å². The van der Waals surface area contributed by atoms with Crippen LogP contribution in [0.4, 0.5) is 0 Å². The molecule has 3 aromatic rings. The van der Waals surface area contributed by atoms with Gasteiger partial charge in [-0.2, -0.15) is 0 Å². The number of aliphatic hydroxyl groups excluding tert-OH is 1. The molecule has 186 valence electrons. The van der Waals surface area contributed by atoms with Gasteiger partial charge in [0.15, 0.2) is 0 Å². The Morgan fingerprint density at radius 1 is 1.14 bits per heavy atom. The maximum Gasteiger partial charge on any atom is 0.330 e. The molecule has 2 aromatic carbocycles. The molecule has 0 fully saturated rings. The summed E-state index contributed by atoms with van der Waals surface area (Å²) in [5.41, 5.74) is 2.65. The van der Waals surface area contributed by atoms with E-state index in [1.807, 2.05) is 26.8 Å². The van der Waals surface area contributed by atoms with Crippen LogP contribution in [0.2, 0.25) is 5.02 Å². The number of carbonyl (C=O) groups excluding carboxylic acids is 2. The van der Waals surface area contributed by atoms with E-state index in [9.17, 15) is 19.8 Å². The van der Waals surface area contributed by atoms with E-state index < -0.39 is 23.5 Å². The standard InChI is InChI=1S/C25H28ClN3O6/c1-5-22(31)34-13-17(30)14-35-23(32)9-6-15-10-18(25(2,3)4)24(33)21(11-15)29-27-19-8-7-16(26)12-20(19)28-29/h5,7-8,10-12,17,30,33H,1,6,9,13-14H2,2-4H3. The summed E-state index contributed by atoms with van der Waals surface area (Å²) >= 11 is 6.06. The van der Waals surface area contributed by atoms with Crippen molar-refractivity contribution < 1.29 is 29.3 Å². The molecule has 0 spiro atoms. The van der Waals surface area contributed by atoms with Crippen molar-refractivity contribution in [3.63, 3.8) is 0 Å². The summed E-state index contributed by atoms with van der Waals surface area (Å²) in [5, 5.41) is 30.2. The Morgan fingerprint density at radius 3 is 2.51 bits per heavy atom. The van der Waals surface area contributed by atoms with Crippen molar-refractivity contribution in [3.8, 4) is 11.4 Å². The van der Waals surface area contributed by atoms with Gasteiger partial charge in [-0.05, 0) is 41.7 Å². The zero-order chi connectivity index (χ0) is 25.8. The van der Waals surface area contributed by atoms with Crippen molar-refractivity contribution in [2.45, 2.75) is 45.1 Å². The molecular weight excluding hydrogens is 474 g/mol. The second-order valence-corrected chi connectivity index (χ2v) is 9.49. The van der Waals surface area contributed by atoms with Gasteiger partial charge in [-0.3, -0.25) is 4.79 Å².